The van der Waals surface area contributed by atoms with Gasteiger partial charge in [-0.15, -0.1) is 0 Å². The van der Waals surface area contributed by atoms with Crippen LogP contribution in [0.25, 0.3) is 10.8 Å². The number of anilines is 1. The highest BCUT2D eigenvalue weighted by molar-refractivity contribution is 5.94. The molecule has 1 N–H and O–H groups in total. The van der Waals surface area contributed by atoms with Crippen molar-refractivity contribution in [3.63, 3.8) is 0 Å². The van der Waals surface area contributed by atoms with Crippen LogP contribution in [0.1, 0.15) is 24.3 Å². The first-order valence-electron chi connectivity index (χ1n) is 5.45. The number of nitrogens with zero attached hydrogens (tertiary/aromatic N) is 1. The van der Waals surface area contributed by atoms with E-state index in [0.717, 1.165) is 11.7 Å². The van der Waals surface area contributed by atoms with E-state index in [2.05, 4.69) is 34.6 Å². The van der Waals surface area contributed by atoms with Gasteiger partial charge in [0.05, 0.1) is 0 Å². The van der Waals surface area contributed by atoms with E-state index in [4.69, 9.17) is 0 Å². The van der Waals surface area contributed by atoms with Crippen LogP contribution in [0.5, 0.6) is 0 Å². The van der Waals surface area contributed by atoms with Gasteiger partial charge in [0.15, 0.2) is 0 Å². The molecule has 0 unspecified atom stereocenters. The van der Waals surface area contributed by atoms with Crippen LogP contribution in [0.2, 0.25) is 0 Å². The van der Waals surface area contributed by atoms with Crippen molar-refractivity contribution in [3.8, 4) is 0 Å². The zero-order valence-electron chi connectivity index (χ0n) is 8.83. The second-order valence-corrected chi connectivity index (χ2v) is 4.13. The molecule has 1 aromatic carbocycles. The smallest absolute Gasteiger partial charge is 0.133 e. The SMILES string of the molecule is CNc1nccc2c(C3CC3)cccc12. The van der Waals surface area contributed by atoms with Gasteiger partial charge in [0.25, 0.3) is 0 Å². The molecular formula is C13H14N2. The van der Waals surface area contributed by atoms with Crippen LogP contribution in [-0.4, -0.2) is 12.0 Å². The minimum absolute atomic E-state index is 0.792. The number of fused-ring (bicyclic) bond motifs is 1. The summed E-state index contributed by atoms with van der Waals surface area (Å²) in [7, 11) is 1.92. The summed E-state index contributed by atoms with van der Waals surface area (Å²) in [4.78, 5) is 4.34. The standard InChI is InChI=1S/C13H14N2/c1-14-13-12-4-2-3-10(9-5-6-9)11(12)7-8-15-13/h2-4,7-9H,5-6H2,1H3,(H,14,15). The first kappa shape index (κ1) is 8.72. The molecule has 1 aliphatic carbocycles. The summed E-state index contributed by atoms with van der Waals surface area (Å²) in [6.07, 6.45) is 4.58. The Morgan fingerprint density at radius 2 is 2.07 bits per heavy atom. The third kappa shape index (κ3) is 1.37. The molecule has 3 rings (SSSR count). The molecule has 1 aliphatic rings. The van der Waals surface area contributed by atoms with Crippen LogP contribution in [0.4, 0.5) is 5.82 Å². The van der Waals surface area contributed by atoms with E-state index in [9.17, 15) is 0 Å². The van der Waals surface area contributed by atoms with Crippen LogP contribution in [-0.2, 0) is 0 Å². The van der Waals surface area contributed by atoms with Gasteiger partial charge in [-0.1, -0.05) is 18.2 Å². The fraction of sp³-hybridized carbons (Fsp3) is 0.308. The van der Waals surface area contributed by atoms with Gasteiger partial charge in [-0.3, -0.25) is 0 Å². The maximum Gasteiger partial charge on any atom is 0.133 e. The van der Waals surface area contributed by atoms with Crippen molar-refractivity contribution >= 4 is 16.6 Å². The van der Waals surface area contributed by atoms with Crippen LogP contribution in [0, 0.1) is 0 Å². The van der Waals surface area contributed by atoms with E-state index < -0.39 is 0 Å². The Labute approximate surface area is 89.3 Å². The Balaban J connectivity index is 2.29. The zero-order valence-corrected chi connectivity index (χ0v) is 8.83. The van der Waals surface area contributed by atoms with Gasteiger partial charge in [0.2, 0.25) is 0 Å². The molecule has 2 nitrogen and oxygen atoms in total. The highest BCUT2D eigenvalue weighted by Crippen LogP contribution is 2.43. The lowest BCUT2D eigenvalue weighted by Gasteiger charge is -2.08. The third-order valence-electron chi connectivity index (χ3n) is 3.09. The zero-order chi connectivity index (χ0) is 10.3. The normalized spacial score (nSPS) is 15.5. The highest BCUT2D eigenvalue weighted by atomic mass is 14.9. The molecule has 1 heterocycles. The predicted octanol–water partition coefficient (Wildman–Crippen LogP) is 3.15. The van der Waals surface area contributed by atoms with E-state index >= 15 is 0 Å². The van der Waals surface area contributed by atoms with E-state index in [0.29, 0.717) is 0 Å². The van der Waals surface area contributed by atoms with Gasteiger partial charge in [0, 0.05) is 18.6 Å². The first-order chi connectivity index (χ1) is 7.40. The number of hydrogen-bond donors (Lipinski definition) is 1. The van der Waals surface area contributed by atoms with Crippen LogP contribution in [0.3, 0.4) is 0 Å². The summed E-state index contributed by atoms with van der Waals surface area (Å²) < 4.78 is 0. The summed E-state index contributed by atoms with van der Waals surface area (Å²) in [5, 5.41) is 5.75. The highest BCUT2D eigenvalue weighted by Gasteiger charge is 2.25. The quantitative estimate of drug-likeness (QED) is 0.801. The maximum atomic E-state index is 4.34. The van der Waals surface area contributed by atoms with E-state index in [1.54, 1.807) is 0 Å². The second kappa shape index (κ2) is 3.23. The average molecular weight is 198 g/mol. The molecule has 0 radical (unpaired) electrons. The summed E-state index contributed by atoms with van der Waals surface area (Å²) in [5.41, 5.74) is 1.49. The molecule has 0 atom stereocenters. The molecule has 2 aromatic rings. The van der Waals surface area contributed by atoms with Crippen molar-refractivity contribution in [2.24, 2.45) is 0 Å². The van der Waals surface area contributed by atoms with Gasteiger partial charge in [-0.2, -0.15) is 0 Å². The molecular weight excluding hydrogens is 184 g/mol. The number of hydrogen-bond acceptors (Lipinski definition) is 2. The Hall–Kier alpha value is -1.57. The Morgan fingerprint density at radius 3 is 2.80 bits per heavy atom. The van der Waals surface area contributed by atoms with Crippen molar-refractivity contribution < 1.29 is 0 Å². The summed E-state index contributed by atoms with van der Waals surface area (Å²) >= 11 is 0. The average Bonchev–Trinajstić information content (AvgIpc) is 3.11. The van der Waals surface area contributed by atoms with E-state index in [-0.39, 0.29) is 0 Å². The number of pyridine rings is 1. The molecule has 1 fully saturated rings. The lowest BCUT2D eigenvalue weighted by molar-refractivity contribution is 1.15. The van der Waals surface area contributed by atoms with Gasteiger partial charge in [-0.05, 0) is 35.8 Å². The molecule has 0 aliphatic heterocycles. The molecule has 0 bridgehead atoms. The van der Waals surface area contributed by atoms with Gasteiger partial charge >= 0.3 is 0 Å². The summed E-state index contributed by atoms with van der Waals surface area (Å²) in [6.45, 7) is 0. The monoisotopic (exact) mass is 198 g/mol. The molecule has 76 valence electrons. The molecule has 1 aromatic heterocycles. The number of rotatable bonds is 2. The van der Waals surface area contributed by atoms with E-state index in [1.807, 2.05) is 13.2 Å². The Kier molecular flexibility index (Phi) is 1.88. The first-order valence-corrected chi connectivity index (χ1v) is 5.45. The fourth-order valence-corrected chi connectivity index (χ4v) is 2.18. The lowest BCUT2D eigenvalue weighted by Crippen LogP contribution is -1.94. The molecule has 0 saturated heterocycles. The van der Waals surface area contributed by atoms with Gasteiger partial charge < -0.3 is 5.32 Å². The second-order valence-electron chi connectivity index (χ2n) is 4.13. The minimum Gasteiger partial charge on any atom is -0.373 e. The molecule has 15 heavy (non-hydrogen) atoms. The van der Waals surface area contributed by atoms with Crippen molar-refractivity contribution in [2.45, 2.75) is 18.8 Å². The molecule has 0 amide bonds. The fourth-order valence-electron chi connectivity index (χ4n) is 2.18. The lowest BCUT2D eigenvalue weighted by atomic mass is 10.0. The van der Waals surface area contributed by atoms with Crippen molar-refractivity contribution in [2.75, 3.05) is 12.4 Å². The van der Waals surface area contributed by atoms with Crippen molar-refractivity contribution in [3.05, 3.63) is 36.0 Å². The largest absolute Gasteiger partial charge is 0.373 e. The van der Waals surface area contributed by atoms with Crippen LogP contribution >= 0.6 is 0 Å². The summed E-state index contributed by atoms with van der Waals surface area (Å²) in [5.74, 6) is 1.77. The molecule has 2 heteroatoms. The number of benzene rings is 1. The summed E-state index contributed by atoms with van der Waals surface area (Å²) in [6, 6.07) is 8.65. The van der Waals surface area contributed by atoms with Crippen LogP contribution < -0.4 is 5.32 Å². The van der Waals surface area contributed by atoms with Gasteiger partial charge in [0.1, 0.15) is 5.82 Å². The topological polar surface area (TPSA) is 24.9 Å². The Morgan fingerprint density at radius 1 is 1.20 bits per heavy atom. The van der Waals surface area contributed by atoms with Gasteiger partial charge in [-0.25, -0.2) is 4.98 Å². The minimum atomic E-state index is 0.792. The molecule has 1 saturated carbocycles. The molecule has 0 spiro atoms. The maximum absolute atomic E-state index is 4.34. The van der Waals surface area contributed by atoms with Crippen molar-refractivity contribution in [1.29, 1.82) is 0 Å². The van der Waals surface area contributed by atoms with Crippen molar-refractivity contribution in [1.82, 2.24) is 4.98 Å². The number of nitrogens with one attached hydrogen (secondary N) is 1. The van der Waals surface area contributed by atoms with E-state index in [1.165, 1.54) is 29.2 Å². The third-order valence-corrected chi connectivity index (χ3v) is 3.09. The Bertz CT molecular complexity index is 501. The number of aromatic nitrogens is 1. The predicted molar refractivity (Wildman–Crippen MR) is 63.3 cm³/mol. The van der Waals surface area contributed by atoms with Crippen LogP contribution in [0.15, 0.2) is 30.5 Å².